The summed E-state index contributed by atoms with van der Waals surface area (Å²) in [4.78, 5) is 0. The smallest absolute Gasteiger partial charge is 0.0295 e. The van der Waals surface area contributed by atoms with Gasteiger partial charge in [-0.25, -0.2) is 0 Å². The Balaban J connectivity index is 2.44. The summed E-state index contributed by atoms with van der Waals surface area (Å²) < 4.78 is 0. The monoisotopic (exact) mass is 243 g/mol. The van der Waals surface area contributed by atoms with E-state index in [-0.39, 0.29) is 0 Å². The fourth-order valence-electron chi connectivity index (χ4n) is 1.77. The fourth-order valence-corrected chi connectivity index (χ4v) is 4.98. The van der Waals surface area contributed by atoms with Crippen molar-refractivity contribution in [2.24, 2.45) is 0 Å². The highest BCUT2D eigenvalue weighted by molar-refractivity contribution is 8.07. The Morgan fingerprint density at radius 3 is 2.73 bits per heavy atom. The van der Waals surface area contributed by atoms with E-state index in [4.69, 9.17) is 6.42 Å². The molecule has 1 nitrogen and oxygen atoms in total. The maximum Gasteiger partial charge on any atom is 0.0295 e. The number of thioether (sulfide) groups is 2. The molecule has 1 rings (SSSR count). The Morgan fingerprint density at radius 2 is 2.20 bits per heavy atom. The average molecular weight is 243 g/mol. The second-order valence-corrected chi connectivity index (χ2v) is 7.09. The largest absolute Gasteiger partial charge is 0.316 e. The Labute approximate surface area is 103 Å². The molecule has 1 aliphatic rings. The van der Waals surface area contributed by atoms with Crippen LogP contribution in [0.2, 0.25) is 0 Å². The van der Waals surface area contributed by atoms with Gasteiger partial charge in [-0.05, 0) is 13.5 Å². The third-order valence-corrected chi connectivity index (χ3v) is 6.54. The van der Waals surface area contributed by atoms with Gasteiger partial charge in [0, 0.05) is 34.0 Å². The van der Waals surface area contributed by atoms with Crippen LogP contribution in [0.3, 0.4) is 0 Å². The minimum absolute atomic E-state index is 0.577. The molecule has 0 spiro atoms. The summed E-state index contributed by atoms with van der Waals surface area (Å²) in [6, 6.07) is 0.577. The van der Waals surface area contributed by atoms with Crippen molar-refractivity contribution in [3.63, 3.8) is 0 Å². The molecule has 15 heavy (non-hydrogen) atoms. The summed E-state index contributed by atoms with van der Waals surface area (Å²) in [6.07, 6.45) is 7.31. The Kier molecular flexibility index (Phi) is 5.96. The Morgan fingerprint density at radius 1 is 1.47 bits per heavy atom. The molecule has 0 amide bonds. The Hall–Kier alpha value is 0.220. The summed E-state index contributed by atoms with van der Waals surface area (Å²) >= 11 is 4.22. The van der Waals surface area contributed by atoms with Crippen molar-refractivity contribution in [1.82, 2.24) is 5.32 Å². The first-order valence-electron chi connectivity index (χ1n) is 5.56. The zero-order chi connectivity index (χ0) is 11.3. The zero-order valence-electron chi connectivity index (χ0n) is 9.82. The van der Waals surface area contributed by atoms with E-state index in [2.05, 4.69) is 55.7 Å². The van der Waals surface area contributed by atoms with Crippen molar-refractivity contribution in [3.8, 4) is 12.3 Å². The molecule has 0 aromatic heterocycles. The van der Waals surface area contributed by atoms with Gasteiger partial charge < -0.3 is 5.32 Å². The van der Waals surface area contributed by atoms with Crippen LogP contribution in [0, 0.1) is 12.3 Å². The molecule has 0 radical (unpaired) electrons. The van der Waals surface area contributed by atoms with Crippen LogP contribution in [0.25, 0.3) is 0 Å². The van der Waals surface area contributed by atoms with Crippen LogP contribution in [0.4, 0.5) is 0 Å². The molecule has 1 saturated heterocycles. The van der Waals surface area contributed by atoms with Gasteiger partial charge in [0.15, 0.2) is 0 Å². The fraction of sp³-hybridized carbons (Fsp3) is 0.833. The lowest BCUT2D eigenvalue weighted by atomic mass is 10.1. The van der Waals surface area contributed by atoms with Gasteiger partial charge in [-0.15, -0.1) is 12.3 Å². The van der Waals surface area contributed by atoms with Crippen LogP contribution in [-0.4, -0.2) is 34.6 Å². The van der Waals surface area contributed by atoms with Crippen molar-refractivity contribution in [1.29, 1.82) is 0 Å². The van der Waals surface area contributed by atoms with Crippen LogP contribution in [-0.2, 0) is 0 Å². The van der Waals surface area contributed by atoms with Crippen molar-refractivity contribution < 1.29 is 0 Å². The molecule has 3 heteroatoms. The van der Waals surface area contributed by atoms with Gasteiger partial charge in [-0.2, -0.15) is 23.5 Å². The quantitative estimate of drug-likeness (QED) is 0.762. The predicted octanol–water partition coefficient (Wildman–Crippen LogP) is 2.61. The normalized spacial score (nSPS) is 33.3. The molecule has 4 atom stereocenters. The molecule has 86 valence electrons. The topological polar surface area (TPSA) is 12.0 Å². The van der Waals surface area contributed by atoms with Crippen molar-refractivity contribution in [2.75, 3.05) is 12.8 Å². The first kappa shape index (κ1) is 13.3. The summed E-state index contributed by atoms with van der Waals surface area (Å²) in [5.74, 6) is 3.99. The SMILES string of the molecule is C#CCCC(NC)C1CSC(C)C(C)S1. The van der Waals surface area contributed by atoms with E-state index in [9.17, 15) is 0 Å². The standard InChI is InChI=1S/C12H21NS2/c1-5-6-7-11(13-4)12-8-14-9(2)10(3)15-12/h1,9-13H,6-8H2,2-4H3. The van der Waals surface area contributed by atoms with Crippen LogP contribution in [0.15, 0.2) is 0 Å². The first-order chi connectivity index (χ1) is 7.19. The van der Waals surface area contributed by atoms with Gasteiger partial charge in [-0.1, -0.05) is 13.8 Å². The highest BCUT2D eigenvalue weighted by Gasteiger charge is 2.30. The van der Waals surface area contributed by atoms with E-state index in [0.29, 0.717) is 6.04 Å². The molecule has 0 aliphatic carbocycles. The molecule has 1 aliphatic heterocycles. The molecule has 1 fully saturated rings. The molecule has 0 aromatic rings. The molecule has 1 heterocycles. The van der Waals surface area contributed by atoms with Gasteiger partial charge in [-0.3, -0.25) is 0 Å². The van der Waals surface area contributed by atoms with Crippen LogP contribution < -0.4 is 5.32 Å². The number of rotatable bonds is 4. The van der Waals surface area contributed by atoms with Gasteiger partial charge >= 0.3 is 0 Å². The second-order valence-electron chi connectivity index (χ2n) is 4.06. The summed E-state index contributed by atoms with van der Waals surface area (Å²) in [5, 5.41) is 5.68. The van der Waals surface area contributed by atoms with Gasteiger partial charge in [0.05, 0.1) is 0 Å². The van der Waals surface area contributed by atoms with E-state index >= 15 is 0 Å². The summed E-state index contributed by atoms with van der Waals surface area (Å²) in [6.45, 7) is 4.66. The Bertz CT molecular complexity index is 224. The third-order valence-electron chi connectivity index (χ3n) is 2.99. The van der Waals surface area contributed by atoms with Gasteiger partial charge in [0.25, 0.3) is 0 Å². The van der Waals surface area contributed by atoms with Crippen molar-refractivity contribution >= 4 is 23.5 Å². The van der Waals surface area contributed by atoms with Gasteiger partial charge in [0.2, 0.25) is 0 Å². The molecular formula is C12H21NS2. The predicted molar refractivity (Wildman–Crippen MR) is 73.7 cm³/mol. The lowest BCUT2D eigenvalue weighted by Gasteiger charge is -2.35. The summed E-state index contributed by atoms with van der Waals surface area (Å²) in [5.41, 5.74) is 0. The van der Waals surface area contributed by atoms with E-state index in [1.54, 1.807) is 0 Å². The highest BCUT2D eigenvalue weighted by atomic mass is 32.2. The minimum Gasteiger partial charge on any atom is -0.316 e. The zero-order valence-corrected chi connectivity index (χ0v) is 11.5. The van der Waals surface area contributed by atoms with Crippen LogP contribution in [0.1, 0.15) is 26.7 Å². The lowest BCUT2D eigenvalue weighted by Crippen LogP contribution is -2.41. The molecule has 1 N–H and O–H groups in total. The number of nitrogens with one attached hydrogen (secondary N) is 1. The van der Waals surface area contributed by atoms with Crippen LogP contribution >= 0.6 is 23.5 Å². The maximum atomic E-state index is 5.32. The summed E-state index contributed by atoms with van der Waals surface area (Å²) in [7, 11) is 2.05. The number of hydrogen-bond acceptors (Lipinski definition) is 3. The molecule has 0 bridgehead atoms. The molecule has 0 aromatic carbocycles. The maximum absolute atomic E-state index is 5.32. The van der Waals surface area contributed by atoms with Gasteiger partial charge in [0.1, 0.15) is 0 Å². The highest BCUT2D eigenvalue weighted by Crippen LogP contribution is 2.37. The first-order valence-corrected chi connectivity index (χ1v) is 7.56. The van der Waals surface area contributed by atoms with Crippen molar-refractivity contribution in [3.05, 3.63) is 0 Å². The molecule has 0 saturated carbocycles. The van der Waals surface area contributed by atoms with E-state index in [0.717, 1.165) is 28.6 Å². The third kappa shape index (κ3) is 3.94. The number of hydrogen-bond donors (Lipinski definition) is 1. The van der Waals surface area contributed by atoms with E-state index in [1.807, 2.05) is 0 Å². The van der Waals surface area contributed by atoms with E-state index < -0.39 is 0 Å². The van der Waals surface area contributed by atoms with E-state index in [1.165, 1.54) is 5.75 Å². The lowest BCUT2D eigenvalue weighted by molar-refractivity contribution is 0.526. The molecule has 4 unspecified atom stereocenters. The second kappa shape index (κ2) is 6.73. The van der Waals surface area contributed by atoms with Crippen molar-refractivity contribution in [2.45, 2.75) is 48.5 Å². The number of terminal acetylenes is 1. The van der Waals surface area contributed by atoms with Crippen LogP contribution in [0.5, 0.6) is 0 Å². The average Bonchev–Trinajstić information content (AvgIpc) is 2.24. The molecular weight excluding hydrogens is 222 g/mol. The minimum atomic E-state index is 0.577.